The van der Waals surface area contributed by atoms with Gasteiger partial charge in [0.2, 0.25) is 0 Å². The van der Waals surface area contributed by atoms with Crippen molar-refractivity contribution in [2.45, 2.75) is 60.4 Å². The Morgan fingerprint density at radius 1 is 0.718 bits per heavy atom. The number of rotatable bonds is 23. The van der Waals surface area contributed by atoms with Gasteiger partial charge in [-0.1, -0.05) is 0 Å². The van der Waals surface area contributed by atoms with E-state index in [4.69, 9.17) is 46.9 Å². The zero-order valence-corrected chi connectivity index (χ0v) is 26.0. The average molecular weight is 590 g/mol. The van der Waals surface area contributed by atoms with Crippen LogP contribution in [0.1, 0.15) is 48.5 Å². The van der Waals surface area contributed by atoms with Crippen LogP contribution in [-0.4, -0.2) is 103 Å². The Bertz CT molecular complexity index is 764. The van der Waals surface area contributed by atoms with Crippen LogP contribution in [0, 0.1) is 0 Å². The van der Waals surface area contributed by atoms with Crippen LogP contribution in [0.25, 0.3) is 0 Å². The van der Waals surface area contributed by atoms with E-state index >= 15 is 0 Å². The molecule has 0 aliphatic carbocycles. The lowest BCUT2D eigenvalue weighted by atomic mass is 10.4. The molecule has 15 heteroatoms. The second kappa shape index (κ2) is 18.1. The van der Waals surface area contributed by atoms with Crippen LogP contribution in [-0.2, 0) is 56.3 Å². The quantitative estimate of drug-likeness (QED) is 0.0429. The molecule has 1 atom stereocenters. The highest BCUT2D eigenvalue weighted by molar-refractivity contribution is 7.45. The smallest absolute Gasteiger partial charge is 0.417 e. The van der Waals surface area contributed by atoms with Gasteiger partial charge in [-0.05, 0) is 48.5 Å². The molecule has 0 saturated carbocycles. The standard InChI is InChI=1S/C24H48NO13P/c1-11-29-20(22(30-12-2)31-13-3)21(26)37-23(32-14-4,33-15-5)24(34-16-6,35-17-7)38-39(27,28)36-19-18-25(8,9)10/h11-19H2,1-10H3. The molecule has 0 spiro atoms. The fourth-order valence-corrected chi connectivity index (χ4v) is 3.85. The Morgan fingerprint density at radius 2 is 1.15 bits per heavy atom. The van der Waals surface area contributed by atoms with E-state index in [1.807, 2.05) is 21.1 Å². The molecule has 0 rings (SSSR count). The number of quaternary nitrogens is 1. The fraction of sp³-hybridized carbons (Fsp3) is 0.875. The molecular weight excluding hydrogens is 541 g/mol. The highest BCUT2D eigenvalue weighted by Crippen LogP contribution is 2.49. The second-order valence-corrected chi connectivity index (χ2v) is 9.87. The number of carbonyl (C=O) groups is 1. The summed E-state index contributed by atoms with van der Waals surface area (Å²) in [6.07, 6.45) is 0. The molecule has 0 bridgehead atoms. The normalized spacial score (nSPS) is 13.9. The van der Waals surface area contributed by atoms with Gasteiger partial charge >= 0.3 is 23.9 Å². The van der Waals surface area contributed by atoms with E-state index in [9.17, 15) is 14.3 Å². The number of hydrogen-bond acceptors (Lipinski definition) is 13. The molecule has 14 nitrogen and oxygen atoms in total. The van der Waals surface area contributed by atoms with Gasteiger partial charge in [0, 0.05) is 0 Å². The van der Waals surface area contributed by atoms with Gasteiger partial charge in [-0.2, -0.15) is 0 Å². The number of ether oxygens (including phenoxy) is 8. The Hall–Kier alpha value is -1.48. The third kappa shape index (κ3) is 12.3. The number of carbonyl (C=O) groups excluding carboxylic acids is 1. The minimum absolute atomic E-state index is 0.0405. The Labute approximate surface area is 232 Å². The van der Waals surface area contributed by atoms with E-state index in [0.29, 0.717) is 11.0 Å². The summed E-state index contributed by atoms with van der Waals surface area (Å²) in [5.41, 5.74) is 0. The van der Waals surface area contributed by atoms with Crippen molar-refractivity contribution in [3.63, 3.8) is 0 Å². The first-order valence-electron chi connectivity index (χ1n) is 13.1. The van der Waals surface area contributed by atoms with Crippen molar-refractivity contribution in [2.24, 2.45) is 0 Å². The van der Waals surface area contributed by atoms with Gasteiger partial charge in [-0.15, -0.1) is 0 Å². The minimum atomic E-state index is -5.18. The van der Waals surface area contributed by atoms with E-state index in [1.165, 1.54) is 0 Å². The molecule has 1 unspecified atom stereocenters. The maximum atomic E-state index is 13.5. The highest BCUT2D eigenvalue weighted by Gasteiger charge is 2.65. The van der Waals surface area contributed by atoms with E-state index < -0.39 is 31.5 Å². The summed E-state index contributed by atoms with van der Waals surface area (Å²) in [4.78, 5) is 26.5. The van der Waals surface area contributed by atoms with E-state index in [2.05, 4.69) is 0 Å². The first-order chi connectivity index (χ1) is 18.3. The third-order valence-corrected chi connectivity index (χ3v) is 5.36. The minimum Gasteiger partial charge on any atom is -0.756 e. The SMILES string of the molecule is CCOC(OCC)=C(OCC)C(=O)OC(OCC)(OCC)C(OCC)(OCC)OP(=O)([O-])OCC[N+](C)(C)C. The van der Waals surface area contributed by atoms with Crippen LogP contribution in [0.5, 0.6) is 0 Å². The molecule has 0 aromatic carbocycles. The Balaban J connectivity index is 6.86. The maximum Gasteiger partial charge on any atom is 0.417 e. The molecule has 0 aliphatic heterocycles. The Kier molecular flexibility index (Phi) is 17.4. The van der Waals surface area contributed by atoms with Crippen LogP contribution in [0.4, 0.5) is 0 Å². The molecule has 0 aromatic rings. The van der Waals surface area contributed by atoms with Crippen molar-refractivity contribution >= 4 is 13.8 Å². The molecule has 0 saturated heterocycles. The first kappa shape index (κ1) is 37.5. The fourth-order valence-electron chi connectivity index (χ4n) is 2.98. The van der Waals surface area contributed by atoms with Gasteiger partial charge in [0.15, 0.2) is 0 Å². The topological polar surface area (TPSA) is 150 Å². The van der Waals surface area contributed by atoms with Gasteiger partial charge in [-0.25, -0.2) is 4.79 Å². The molecule has 232 valence electrons. The van der Waals surface area contributed by atoms with Crippen molar-refractivity contribution in [1.82, 2.24) is 0 Å². The van der Waals surface area contributed by atoms with Crippen LogP contribution in [0.15, 0.2) is 11.7 Å². The summed E-state index contributed by atoms with van der Waals surface area (Å²) >= 11 is 0. The number of esters is 1. The van der Waals surface area contributed by atoms with Crippen LogP contribution in [0.2, 0.25) is 0 Å². The lowest BCUT2D eigenvalue weighted by Gasteiger charge is -2.46. The van der Waals surface area contributed by atoms with Crippen molar-refractivity contribution in [2.75, 3.05) is 80.5 Å². The molecule has 0 aliphatic rings. The lowest BCUT2D eigenvalue weighted by Crippen LogP contribution is -2.65. The molecule has 0 fully saturated rings. The molecule has 0 amide bonds. The van der Waals surface area contributed by atoms with Gasteiger partial charge in [0.05, 0.1) is 67.4 Å². The van der Waals surface area contributed by atoms with Crippen molar-refractivity contribution in [3.05, 3.63) is 11.7 Å². The molecular formula is C24H48NO13P. The molecule has 0 heterocycles. The van der Waals surface area contributed by atoms with Gasteiger partial charge in [0.25, 0.3) is 13.6 Å². The maximum absolute atomic E-state index is 13.5. The predicted molar refractivity (Wildman–Crippen MR) is 138 cm³/mol. The van der Waals surface area contributed by atoms with Crippen molar-refractivity contribution in [1.29, 1.82) is 0 Å². The zero-order valence-electron chi connectivity index (χ0n) is 25.1. The largest absolute Gasteiger partial charge is 0.756 e. The number of hydrogen-bond donors (Lipinski definition) is 0. The number of phosphoric acid groups is 1. The van der Waals surface area contributed by atoms with E-state index in [-0.39, 0.29) is 58.8 Å². The third-order valence-electron chi connectivity index (χ3n) is 4.39. The van der Waals surface area contributed by atoms with Gasteiger partial charge in [-0.3, -0.25) is 9.09 Å². The average Bonchev–Trinajstić information content (AvgIpc) is 2.81. The van der Waals surface area contributed by atoms with Crippen LogP contribution < -0.4 is 4.89 Å². The van der Waals surface area contributed by atoms with E-state index in [1.54, 1.807) is 48.5 Å². The van der Waals surface area contributed by atoms with Crippen LogP contribution in [0.3, 0.4) is 0 Å². The summed E-state index contributed by atoms with van der Waals surface area (Å²) in [6, 6.07) is 0. The van der Waals surface area contributed by atoms with Crippen molar-refractivity contribution < 1.29 is 65.7 Å². The monoisotopic (exact) mass is 589 g/mol. The van der Waals surface area contributed by atoms with Crippen molar-refractivity contribution in [3.8, 4) is 0 Å². The molecule has 0 radical (unpaired) electrons. The first-order valence-corrected chi connectivity index (χ1v) is 14.6. The summed E-state index contributed by atoms with van der Waals surface area (Å²) in [5, 5.41) is 0. The second-order valence-electron chi connectivity index (χ2n) is 8.54. The molecule has 0 aromatic heterocycles. The summed E-state index contributed by atoms with van der Waals surface area (Å²) in [6.45, 7) is 11.0. The highest BCUT2D eigenvalue weighted by atomic mass is 31.2. The molecule has 39 heavy (non-hydrogen) atoms. The predicted octanol–water partition coefficient (Wildman–Crippen LogP) is 2.47. The number of phosphoric ester groups is 1. The van der Waals surface area contributed by atoms with Gasteiger partial charge < -0.3 is 51.8 Å². The number of likely N-dealkylation sites (N-methyl/N-ethyl adjacent to an activating group) is 1. The lowest BCUT2D eigenvalue weighted by molar-refractivity contribution is -0.870. The van der Waals surface area contributed by atoms with Crippen LogP contribution >= 0.6 is 7.82 Å². The van der Waals surface area contributed by atoms with Gasteiger partial charge in [0.1, 0.15) is 13.2 Å². The Morgan fingerprint density at radius 3 is 1.54 bits per heavy atom. The zero-order chi connectivity index (χ0) is 30.2. The molecule has 0 N–H and O–H groups in total. The summed E-state index contributed by atoms with van der Waals surface area (Å²) in [5.74, 6) is -7.37. The number of nitrogens with zero attached hydrogens (tertiary/aromatic N) is 1. The van der Waals surface area contributed by atoms with E-state index in [0.717, 1.165) is 0 Å². The summed E-state index contributed by atoms with van der Waals surface area (Å²) in [7, 11) is 0.410. The summed E-state index contributed by atoms with van der Waals surface area (Å²) < 4.78 is 68.7.